The van der Waals surface area contributed by atoms with Crippen molar-refractivity contribution in [3.05, 3.63) is 12.7 Å². The Hall–Kier alpha value is -0.880. The molecule has 0 aromatic rings. The van der Waals surface area contributed by atoms with Gasteiger partial charge in [0.15, 0.2) is 0 Å². The summed E-state index contributed by atoms with van der Waals surface area (Å²) in [7, 11) is -1.97. The van der Waals surface area contributed by atoms with E-state index in [1.807, 2.05) is 0 Å². The van der Waals surface area contributed by atoms with Gasteiger partial charge in [-0.2, -0.15) is 4.31 Å². The van der Waals surface area contributed by atoms with Crippen molar-refractivity contribution in [3.8, 4) is 0 Å². The van der Waals surface area contributed by atoms with E-state index in [2.05, 4.69) is 11.3 Å². The normalized spacial score (nSPS) is 15.9. The van der Waals surface area contributed by atoms with E-state index in [1.165, 1.54) is 11.4 Å². The third-order valence-corrected chi connectivity index (χ3v) is 4.60. The summed E-state index contributed by atoms with van der Waals surface area (Å²) in [6.07, 6.45) is 3.88. The average Bonchev–Trinajstić information content (AvgIpc) is 3.09. The zero-order valence-electron chi connectivity index (χ0n) is 10.1. The van der Waals surface area contributed by atoms with Gasteiger partial charge in [-0.25, -0.2) is 8.42 Å². The van der Waals surface area contributed by atoms with E-state index in [0.29, 0.717) is 13.0 Å². The van der Waals surface area contributed by atoms with E-state index >= 15 is 0 Å². The maximum atomic E-state index is 12.0. The molecule has 0 saturated heterocycles. The predicted molar refractivity (Wildman–Crippen MR) is 65.0 cm³/mol. The molecule has 1 rings (SSSR count). The largest absolute Gasteiger partial charge is 0.469 e. The van der Waals surface area contributed by atoms with Crippen molar-refractivity contribution >= 4 is 16.0 Å². The molecule has 1 aliphatic carbocycles. The van der Waals surface area contributed by atoms with E-state index in [1.54, 1.807) is 6.08 Å². The van der Waals surface area contributed by atoms with Crippen molar-refractivity contribution in [3.63, 3.8) is 0 Å². The van der Waals surface area contributed by atoms with Crippen molar-refractivity contribution in [1.29, 1.82) is 0 Å². The van der Waals surface area contributed by atoms with Gasteiger partial charge in [-0.3, -0.25) is 4.79 Å². The molecule has 0 aromatic carbocycles. The number of esters is 1. The van der Waals surface area contributed by atoms with Crippen LogP contribution in [0, 0.1) is 0 Å². The maximum Gasteiger partial charge on any atom is 0.305 e. The Kier molecular flexibility index (Phi) is 5.14. The number of nitrogens with zero attached hydrogens (tertiary/aromatic N) is 1. The van der Waals surface area contributed by atoms with Gasteiger partial charge in [0.2, 0.25) is 10.0 Å². The van der Waals surface area contributed by atoms with Crippen LogP contribution in [0.5, 0.6) is 0 Å². The van der Waals surface area contributed by atoms with E-state index in [9.17, 15) is 13.2 Å². The second-order valence-electron chi connectivity index (χ2n) is 4.09. The molecule has 0 spiro atoms. The molecular weight excluding hydrogens is 242 g/mol. The highest BCUT2D eigenvalue weighted by Crippen LogP contribution is 2.29. The molecule has 0 aliphatic heterocycles. The first-order valence-corrected chi connectivity index (χ1v) is 7.29. The molecule has 0 heterocycles. The zero-order valence-corrected chi connectivity index (χ0v) is 10.9. The Balaban J connectivity index is 2.47. The van der Waals surface area contributed by atoms with Gasteiger partial charge in [0.25, 0.3) is 0 Å². The Morgan fingerprint density at radius 1 is 1.53 bits per heavy atom. The van der Waals surface area contributed by atoms with Crippen LogP contribution < -0.4 is 0 Å². The fraction of sp³-hybridized carbons (Fsp3) is 0.727. The van der Waals surface area contributed by atoms with E-state index in [-0.39, 0.29) is 24.2 Å². The van der Waals surface area contributed by atoms with Gasteiger partial charge >= 0.3 is 5.97 Å². The first-order valence-electron chi connectivity index (χ1n) is 5.68. The minimum atomic E-state index is -3.27. The summed E-state index contributed by atoms with van der Waals surface area (Å²) in [5, 5.41) is 0. The first kappa shape index (κ1) is 14.2. The van der Waals surface area contributed by atoms with Crippen molar-refractivity contribution < 1.29 is 17.9 Å². The Labute approximate surface area is 102 Å². The van der Waals surface area contributed by atoms with Gasteiger partial charge in [-0.15, -0.1) is 6.58 Å². The summed E-state index contributed by atoms with van der Waals surface area (Å²) >= 11 is 0. The number of sulfonamides is 1. The number of hydrogen-bond acceptors (Lipinski definition) is 4. The van der Waals surface area contributed by atoms with Crippen molar-refractivity contribution in [2.24, 2.45) is 0 Å². The molecule has 6 heteroatoms. The van der Waals surface area contributed by atoms with E-state index in [4.69, 9.17) is 0 Å². The Morgan fingerprint density at radius 2 is 2.18 bits per heavy atom. The fourth-order valence-electron chi connectivity index (χ4n) is 1.60. The number of carbonyl (C=O) groups is 1. The lowest BCUT2D eigenvalue weighted by Gasteiger charge is -2.19. The van der Waals surface area contributed by atoms with Crippen LogP contribution in [0.2, 0.25) is 0 Å². The fourth-order valence-corrected chi connectivity index (χ4v) is 3.34. The lowest BCUT2D eigenvalue weighted by atomic mass is 10.3. The highest BCUT2D eigenvalue weighted by Gasteiger charge is 2.35. The third kappa shape index (κ3) is 4.47. The molecule has 0 bridgehead atoms. The molecule has 1 aliphatic rings. The van der Waals surface area contributed by atoms with Crippen LogP contribution in [-0.2, 0) is 19.6 Å². The second kappa shape index (κ2) is 6.16. The molecule has 0 amide bonds. The number of rotatable bonds is 8. The van der Waals surface area contributed by atoms with Gasteiger partial charge in [-0.1, -0.05) is 6.08 Å². The maximum absolute atomic E-state index is 12.0. The predicted octanol–water partition coefficient (Wildman–Crippen LogP) is 0.920. The lowest BCUT2D eigenvalue weighted by Crippen LogP contribution is -2.35. The highest BCUT2D eigenvalue weighted by molar-refractivity contribution is 7.89. The molecular formula is C11H19NO4S. The second-order valence-corrected chi connectivity index (χ2v) is 6.13. The summed E-state index contributed by atoms with van der Waals surface area (Å²) in [5.41, 5.74) is 0. The smallest absolute Gasteiger partial charge is 0.305 e. The Bertz CT molecular complexity index is 373. The standard InChI is InChI=1S/C11H19NO4S/c1-3-8-12(10-6-7-10)17(14,15)9-4-5-11(13)16-2/h3,10H,1,4-9H2,2H3. The third-order valence-electron chi connectivity index (χ3n) is 2.63. The molecule has 5 nitrogen and oxygen atoms in total. The Morgan fingerprint density at radius 3 is 2.65 bits per heavy atom. The molecule has 0 radical (unpaired) electrons. The summed E-state index contributed by atoms with van der Waals surface area (Å²) < 4.78 is 29.9. The molecule has 1 fully saturated rings. The van der Waals surface area contributed by atoms with Crippen LogP contribution in [0.1, 0.15) is 25.7 Å². The number of carbonyl (C=O) groups excluding carboxylic acids is 1. The minimum Gasteiger partial charge on any atom is -0.469 e. The summed E-state index contributed by atoms with van der Waals surface area (Å²) in [4.78, 5) is 10.9. The molecule has 0 unspecified atom stereocenters. The van der Waals surface area contributed by atoms with Gasteiger partial charge in [0.1, 0.15) is 0 Å². The van der Waals surface area contributed by atoms with E-state index in [0.717, 1.165) is 12.8 Å². The average molecular weight is 261 g/mol. The van der Waals surface area contributed by atoms with Crippen LogP contribution in [-0.4, -0.2) is 44.1 Å². The van der Waals surface area contributed by atoms with Crippen molar-refractivity contribution in [1.82, 2.24) is 4.31 Å². The molecule has 0 aromatic heterocycles. The van der Waals surface area contributed by atoms with Crippen molar-refractivity contribution in [2.75, 3.05) is 19.4 Å². The van der Waals surface area contributed by atoms with Crippen LogP contribution in [0.3, 0.4) is 0 Å². The van der Waals surface area contributed by atoms with Crippen LogP contribution >= 0.6 is 0 Å². The van der Waals surface area contributed by atoms with Crippen LogP contribution in [0.25, 0.3) is 0 Å². The topological polar surface area (TPSA) is 63.7 Å². The number of hydrogen-bond donors (Lipinski definition) is 0. The minimum absolute atomic E-state index is 0.00750. The molecule has 98 valence electrons. The van der Waals surface area contributed by atoms with Gasteiger partial charge in [0, 0.05) is 19.0 Å². The SMILES string of the molecule is C=CCN(C1CC1)S(=O)(=O)CCCC(=O)OC. The van der Waals surface area contributed by atoms with Crippen LogP contribution in [0.4, 0.5) is 0 Å². The molecule has 17 heavy (non-hydrogen) atoms. The summed E-state index contributed by atoms with van der Waals surface area (Å²) in [6, 6.07) is 0.135. The quantitative estimate of drug-likeness (QED) is 0.481. The number of methoxy groups -OCH3 is 1. The summed E-state index contributed by atoms with van der Waals surface area (Å²) in [6.45, 7) is 3.92. The van der Waals surface area contributed by atoms with Gasteiger partial charge in [0.05, 0.1) is 12.9 Å². The lowest BCUT2D eigenvalue weighted by molar-refractivity contribution is -0.140. The van der Waals surface area contributed by atoms with Gasteiger partial charge in [-0.05, 0) is 19.3 Å². The number of ether oxygens (including phenoxy) is 1. The monoisotopic (exact) mass is 261 g/mol. The molecule has 1 saturated carbocycles. The first-order chi connectivity index (χ1) is 8.01. The summed E-state index contributed by atoms with van der Waals surface area (Å²) in [5.74, 6) is -0.381. The zero-order chi connectivity index (χ0) is 12.9. The van der Waals surface area contributed by atoms with Crippen molar-refractivity contribution in [2.45, 2.75) is 31.7 Å². The van der Waals surface area contributed by atoms with Gasteiger partial charge < -0.3 is 4.74 Å². The highest BCUT2D eigenvalue weighted by atomic mass is 32.2. The van der Waals surface area contributed by atoms with E-state index < -0.39 is 10.0 Å². The van der Waals surface area contributed by atoms with Crippen LogP contribution in [0.15, 0.2) is 12.7 Å². The molecule has 0 N–H and O–H groups in total. The molecule has 0 atom stereocenters.